The van der Waals surface area contributed by atoms with E-state index in [1.807, 2.05) is 0 Å². The summed E-state index contributed by atoms with van der Waals surface area (Å²) >= 11 is 0. The monoisotopic (exact) mass is 195 g/mol. The quantitative estimate of drug-likeness (QED) is 0.543. The number of hydrogen-bond donors (Lipinski definition) is 0. The highest BCUT2D eigenvalue weighted by Crippen LogP contribution is 2.15. The van der Waals surface area contributed by atoms with Crippen LogP contribution in [0.3, 0.4) is 0 Å². The minimum Gasteiger partial charge on any atom is -0.202 e. The van der Waals surface area contributed by atoms with E-state index in [9.17, 15) is 0 Å². The second-order valence-corrected chi connectivity index (χ2v) is 4.24. The molecule has 0 saturated heterocycles. The van der Waals surface area contributed by atoms with Crippen LogP contribution in [0.5, 0.6) is 0 Å². The normalized spacial score (nSPS) is 20.7. The fraction of sp³-hybridized carbons (Fsp3) is 0.923. The number of nitriles is 1. The predicted octanol–water partition coefficient (Wildman–Crippen LogP) is 4.82. The molecule has 0 radical (unpaired) electrons. The lowest BCUT2D eigenvalue weighted by Crippen LogP contribution is -1.85. The summed E-state index contributed by atoms with van der Waals surface area (Å²) in [4.78, 5) is 0. The number of rotatable bonds is 0. The zero-order valence-corrected chi connectivity index (χ0v) is 9.51. The Morgan fingerprint density at radius 2 is 0.429 bits per heavy atom. The highest BCUT2D eigenvalue weighted by molar-refractivity contribution is 4.51. The Labute approximate surface area is 89.5 Å². The molecule has 2 fully saturated rings. The average Bonchev–Trinajstić information content (AvgIpc) is 2.37. The molecular formula is C13H25N. The Bertz CT molecular complexity index is 74.6. The lowest BCUT2D eigenvalue weighted by Gasteiger charge is -2.05. The smallest absolute Gasteiger partial charge is 0.0462 e. The van der Waals surface area contributed by atoms with Crippen LogP contribution in [0.4, 0.5) is 0 Å². The third-order valence-electron chi connectivity index (χ3n) is 3.00. The maximum atomic E-state index is 6.50. The van der Waals surface area contributed by atoms with Crippen LogP contribution in [0, 0.1) is 11.8 Å². The van der Waals surface area contributed by atoms with Crippen molar-refractivity contribution < 1.29 is 0 Å². The molecule has 0 aliphatic heterocycles. The minimum atomic E-state index is 1.50. The summed E-state index contributed by atoms with van der Waals surface area (Å²) in [5.41, 5.74) is 0. The van der Waals surface area contributed by atoms with Crippen molar-refractivity contribution >= 4 is 0 Å². The standard InChI is InChI=1S/2C6H12.CHN/c2*1-2-4-6-5-3-1;1-2/h2*1-6H2;1H. The van der Waals surface area contributed by atoms with Crippen molar-refractivity contribution in [2.75, 3.05) is 0 Å². The Balaban J connectivity index is 0.000000206. The molecule has 0 bridgehead atoms. The molecule has 82 valence electrons. The van der Waals surface area contributed by atoms with Crippen LogP contribution in [-0.4, -0.2) is 0 Å². The fourth-order valence-electron chi connectivity index (χ4n) is 2.12. The van der Waals surface area contributed by atoms with Gasteiger partial charge in [-0.25, -0.2) is 5.26 Å². The maximum absolute atomic E-state index is 6.50. The van der Waals surface area contributed by atoms with E-state index in [-0.39, 0.29) is 0 Å². The molecule has 1 heteroatoms. The van der Waals surface area contributed by atoms with Crippen molar-refractivity contribution in [1.82, 2.24) is 0 Å². The topological polar surface area (TPSA) is 23.8 Å². The van der Waals surface area contributed by atoms with Gasteiger partial charge in [-0.2, -0.15) is 0 Å². The third-order valence-corrected chi connectivity index (χ3v) is 3.00. The summed E-state index contributed by atoms with van der Waals surface area (Å²) < 4.78 is 0. The van der Waals surface area contributed by atoms with Crippen LogP contribution in [-0.2, 0) is 0 Å². The van der Waals surface area contributed by atoms with Gasteiger partial charge in [0.15, 0.2) is 0 Å². The van der Waals surface area contributed by atoms with Crippen molar-refractivity contribution in [2.45, 2.75) is 77.0 Å². The van der Waals surface area contributed by atoms with Gasteiger partial charge >= 0.3 is 0 Å². The van der Waals surface area contributed by atoms with Gasteiger partial charge in [-0.3, -0.25) is 0 Å². The predicted molar refractivity (Wildman–Crippen MR) is 62.1 cm³/mol. The van der Waals surface area contributed by atoms with Gasteiger partial charge in [-0.05, 0) is 0 Å². The summed E-state index contributed by atoms with van der Waals surface area (Å²) in [6.07, 6.45) is 18.0. The molecule has 0 spiro atoms. The van der Waals surface area contributed by atoms with E-state index in [4.69, 9.17) is 5.26 Å². The zero-order chi connectivity index (χ0) is 10.5. The van der Waals surface area contributed by atoms with E-state index in [1.165, 1.54) is 77.0 Å². The largest absolute Gasteiger partial charge is 0.202 e. The van der Waals surface area contributed by atoms with Crippen LogP contribution >= 0.6 is 0 Å². The molecule has 0 aromatic carbocycles. The zero-order valence-electron chi connectivity index (χ0n) is 9.51. The molecule has 0 N–H and O–H groups in total. The summed E-state index contributed by atoms with van der Waals surface area (Å²) in [6, 6.07) is 0. The molecule has 0 unspecified atom stereocenters. The van der Waals surface area contributed by atoms with Crippen LogP contribution in [0.1, 0.15) is 77.0 Å². The molecular weight excluding hydrogens is 170 g/mol. The Morgan fingerprint density at radius 1 is 0.357 bits per heavy atom. The number of hydrogen-bond acceptors (Lipinski definition) is 1. The first kappa shape index (κ1) is 13.5. The van der Waals surface area contributed by atoms with E-state index in [0.29, 0.717) is 0 Å². The van der Waals surface area contributed by atoms with Gasteiger partial charge in [-0.1, -0.05) is 77.0 Å². The van der Waals surface area contributed by atoms with Crippen LogP contribution in [0.15, 0.2) is 0 Å². The molecule has 0 aromatic rings. The molecule has 14 heavy (non-hydrogen) atoms. The molecule has 1 nitrogen and oxygen atoms in total. The summed E-state index contributed by atoms with van der Waals surface area (Å²) in [6.45, 7) is 3.50. The molecule has 2 rings (SSSR count). The Morgan fingerprint density at radius 3 is 0.500 bits per heavy atom. The van der Waals surface area contributed by atoms with Gasteiger partial charge < -0.3 is 0 Å². The van der Waals surface area contributed by atoms with E-state index >= 15 is 0 Å². The van der Waals surface area contributed by atoms with Crippen LogP contribution < -0.4 is 0 Å². The first-order valence-electron chi connectivity index (χ1n) is 6.26. The molecule has 2 aliphatic carbocycles. The highest BCUT2D eigenvalue weighted by Gasteiger charge is 1.96. The van der Waals surface area contributed by atoms with E-state index in [0.717, 1.165) is 0 Å². The highest BCUT2D eigenvalue weighted by atomic mass is 14.2. The average molecular weight is 195 g/mol. The van der Waals surface area contributed by atoms with E-state index < -0.39 is 0 Å². The third kappa shape index (κ3) is 9.58. The fourth-order valence-corrected chi connectivity index (χ4v) is 2.12. The van der Waals surface area contributed by atoms with Gasteiger partial charge in [0.1, 0.15) is 0 Å². The first-order valence-corrected chi connectivity index (χ1v) is 6.26. The van der Waals surface area contributed by atoms with Crippen molar-refractivity contribution in [3.05, 3.63) is 0 Å². The molecule has 0 atom stereocenters. The second-order valence-electron chi connectivity index (χ2n) is 4.24. The van der Waals surface area contributed by atoms with Gasteiger partial charge in [0, 0.05) is 6.57 Å². The van der Waals surface area contributed by atoms with E-state index in [2.05, 4.69) is 6.57 Å². The molecule has 0 amide bonds. The number of nitrogens with zero attached hydrogens (tertiary/aromatic N) is 1. The van der Waals surface area contributed by atoms with Crippen LogP contribution in [0.2, 0.25) is 0 Å². The van der Waals surface area contributed by atoms with Crippen molar-refractivity contribution in [3.8, 4) is 6.57 Å². The molecule has 0 aromatic heterocycles. The summed E-state index contributed by atoms with van der Waals surface area (Å²) in [5.74, 6) is 0. The molecule has 2 saturated carbocycles. The van der Waals surface area contributed by atoms with Gasteiger partial charge in [0.05, 0.1) is 0 Å². The van der Waals surface area contributed by atoms with Gasteiger partial charge in [-0.15, -0.1) is 0 Å². The first-order chi connectivity index (χ1) is 7.00. The lowest BCUT2D eigenvalue weighted by molar-refractivity contribution is 0.504. The summed E-state index contributed by atoms with van der Waals surface area (Å²) in [5, 5.41) is 6.50. The lowest BCUT2D eigenvalue weighted by atomic mass is 10.0. The Kier molecular flexibility index (Phi) is 12.0. The van der Waals surface area contributed by atoms with E-state index in [1.54, 1.807) is 0 Å². The second kappa shape index (κ2) is 12.5. The summed E-state index contributed by atoms with van der Waals surface area (Å²) in [7, 11) is 0. The van der Waals surface area contributed by atoms with Crippen molar-refractivity contribution in [3.63, 3.8) is 0 Å². The Hall–Kier alpha value is -0.510. The van der Waals surface area contributed by atoms with Crippen LogP contribution in [0.25, 0.3) is 0 Å². The maximum Gasteiger partial charge on any atom is 0.0462 e. The SMILES string of the molecule is C#N.C1CCCCC1.C1CCCCC1. The molecule has 2 aliphatic rings. The van der Waals surface area contributed by atoms with Gasteiger partial charge in [0.2, 0.25) is 0 Å². The van der Waals surface area contributed by atoms with Crippen molar-refractivity contribution in [1.29, 1.82) is 5.26 Å². The van der Waals surface area contributed by atoms with Gasteiger partial charge in [0.25, 0.3) is 0 Å². The minimum absolute atomic E-state index is 1.50. The van der Waals surface area contributed by atoms with Crippen molar-refractivity contribution in [2.24, 2.45) is 0 Å². The molecule has 0 heterocycles.